The molecule has 3 aromatic carbocycles. The minimum atomic E-state index is -0.994. The maximum atomic E-state index is 13.4. The quantitative estimate of drug-likeness (QED) is 0.531. The highest BCUT2D eigenvalue weighted by Gasteiger charge is 2.45. The minimum Gasteiger partial charge on any atom is -0.326 e. The number of nitrogens with zero attached hydrogens (tertiary/aromatic N) is 2. The van der Waals surface area contributed by atoms with Crippen molar-refractivity contribution in [2.24, 2.45) is 0 Å². The number of benzene rings is 3. The van der Waals surface area contributed by atoms with Crippen molar-refractivity contribution < 1.29 is 14.4 Å². The second kappa shape index (κ2) is 9.84. The van der Waals surface area contributed by atoms with Crippen LogP contribution in [-0.2, 0) is 9.59 Å². The first-order valence-corrected chi connectivity index (χ1v) is 11.2. The van der Waals surface area contributed by atoms with Crippen LogP contribution in [0.1, 0.15) is 27.9 Å². The third-order valence-corrected chi connectivity index (χ3v) is 5.90. The zero-order valence-electron chi connectivity index (χ0n) is 18.8. The van der Waals surface area contributed by atoms with Crippen molar-refractivity contribution in [3.63, 3.8) is 0 Å². The van der Waals surface area contributed by atoms with Crippen LogP contribution >= 0.6 is 12.2 Å². The Bertz CT molecular complexity index is 1250. The molecule has 1 aliphatic rings. The molecular weight excluding hydrogens is 448 g/mol. The lowest BCUT2D eigenvalue weighted by Crippen LogP contribution is -2.49. The number of carbonyl (C=O) groups excluding carboxylic acids is 3. The summed E-state index contributed by atoms with van der Waals surface area (Å²) in [6.07, 6.45) is -0.190. The molecule has 3 aromatic rings. The molecule has 34 heavy (non-hydrogen) atoms. The second-order valence-electron chi connectivity index (χ2n) is 8.06. The molecule has 7 nitrogen and oxygen atoms in total. The largest absolute Gasteiger partial charge is 0.326 e. The molecule has 0 aromatic heterocycles. The van der Waals surface area contributed by atoms with Crippen molar-refractivity contribution in [3.05, 3.63) is 95.6 Å². The van der Waals surface area contributed by atoms with Gasteiger partial charge in [-0.25, -0.2) is 5.01 Å². The number of anilines is 2. The van der Waals surface area contributed by atoms with E-state index in [1.807, 2.05) is 38.1 Å². The predicted octanol–water partition coefficient (Wildman–Crippen LogP) is 3.98. The summed E-state index contributed by atoms with van der Waals surface area (Å²) in [7, 11) is 0. The molecule has 1 saturated heterocycles. The SMILES string of the molecule is Cc1ccc(NC(=O)CC2C(=O)N(c3ccccc3)C(=S)N2NC(=O)c2ccccc2)c(C)c1. The zero-order valence-corrected chi connectivity index (χ0v) is 19.6. The molecule has 0 saturated carbocycles. The summed E-state index contributed by atoms with van der Waals surface area (Å²) in [6.45, 7) is 3.88. The third kappa shape index (κ3) is 4.82. The summed E-state index contributed by atoms with van der Waals surface area (Å²) in [5.74, 6) is -1.17. The maximum Gasteiger partial charge on any atom is 0.269 e. The van der Waals surface area contributed by atoms with Crippen LogP contribution in [-0.4, -0.2) is 33.9 Å². The van der Waals surface area contributed by atoms with Crippen molar-refractivity contribution in [1.29, 1.82) is 0 Å². The fraction of sp³-hybridized carbons (Fsp3) is 0.154. The van der Waals surface area contributed by atoms with Crippen LogP contribution in [0.25, 0.3) is 0 Å². The fourth-order valence-corrected chi connectivity index (χ4v) is 4.18. The third-order valence-electron chi connectivity index (χ3n) is 5.52. The summed E-state index contributed by atoms with van der Waals surface area (Å²) >= 11 is 5.57. The molecule has 1 heterocycles. The Morgan fingerprint density at radius 3 is 2.24 bits per heavy atom. The van der Waals surface area contributed by atoms with Gasteiger partial charge < -0.3 is 5.32 Å². The Kier molecular flexibility index (Phi) is 6.70. The first-order chi connectivity index (χ1) is 16.3. The average Bonchev–Trinajstić information content (AvgIpc) is 3.05. The van der Waals surface area contributed by atoms with E-state index < -0.39 is 11.9 Å². The smallest absolute Gasteiger partial charge is 0.269 e. The van der Waals surface area contributed by atoms with E-state index in [0.29, 0.717) is 16.9 Å². The normalized spacial score (nSPS) is 15.4. The Morgan fingerprint density at radius 1 is 0.941 bits per heavy atom. The lowest BCUT2D eigenvalue weighted by atomic mass is 10.1. The second-order valence-corrected chi connectivity index (χ2v) is 8.42. The van der Waals surface area contributed by atoms with Crippen molar-refractivity contribution in [2.75, 3.05) is 10.2 Å². The highest BCUT2D eigenvalue weighted by Crippen LogP contribution is 2.26. The molecule has 2 N–H and O–H groups in total. The molecule has 0 radical (unpaired) electrons. The lowest BCUT2D eigenvalue weighted by Gasteiger charge is -2.24. The van der Waals surface area contributed by atoms with Crippen LogP contribution in [0.4, 0.5) is 11.4 Å². The van der Waals surface area contributed by atoms with Crippen LogP contribution < -0.4 is 15.6 Å². The molecule has 4 rings (SSSR count). The van der Waals surface area contributed by atoms with Gasteiger partial charge in [0.25, 0.3) is 11.8 Å². The summed E-state index contributed by atoms with van der Waals surface area (Å²) in [4.78, 5) is 40.5. The number of para-hydroxylation sites is 1. The molecule has 1 unspecified atom stereocenters. The molecule has 0 aliphatic carbocycles. The zero-order chi connectivity index (χ0) is 24.2. The fourth-order valence-electron chi connectivity index (χ4n) is 3.81. The molecule has 1 fully saturated rings. The average molecular weight is 473 g/mol. The first-order valence-electron chi connectivity index (χ1n) is 10.8. The topological polar surface area (TPSA) is 81.8 Å². The van der Waals surface area contributed by atoms with Crippen LogP contribution in [0.3, 0.4) is 0 Å². The standard InChI is InChI=1S/C26H24N4O3S/c1-17-13-14-21(18(2)15-17)27-23(31)16-22-25(33)29(20-11-7-4-8-12-20)26(34)30(22)28-24(32)19-9-5-3-6-10-19/h3-15,22H,16H2,1-2H3,(H,27,31)(H,28,32). The van der Waals surface area contributed by atoms with Gasteiger partial charge in [-0.2, -0.15) is 0 Å². The molecule has 1 atom stereocenters. The molecule has 0 spiro atoms. The molecule has 3 amide bonds. The van der Waals surface area contributed by atoms with E-state index in [2.05, 4.69) is 10.7 Å². The van der Waals surface area contributed by atoms with Gasteiger partial charge in [-0.1, -0.05) is 54.1 Å². The van der Waals surface area contributed by atoms with Gasteiger partial charge in [-0.3, -0.25) is 24.7 Å². The molecule has 172 valence electrons. The van der Waals surface area contributed by atoms with Crippen LogP contribution in [0.15, 0.2) is 78.9 Å². The first kappa shape index (κ1) is 23.1. The van der Waals surface area contributed by atoms with Gasteiger partial charge in [0, 0.05) is 11.3 Å². The number of aryl methyl sites for hydroxylation is 2. The van der Waals surface area contributed by atoms with Crippen molar-refractivity contribution >= 4 is 46.4 Å². The van der Waals surface area contributed by atoms with Crippen molar-refractivity contribution in [2.45, 2.75) is 26.3 Å². The Hall–Kier alpha value is -4.04. The van der Waals surface area contributed by atoms with Gasteiger partial charge >= 0.3 is 0 Å². The van der Waals surface area contributed by atoms with E-state index in [1.54, 1.807) is 54.6 Å². The Labute approximate surface area is 203 Å². The van der Waals surface area contributed by atoms with E-state index in [9.17, 15) is 14.4 Å². The van der Waals surface area contributed by atoms with E-state index >= 15 is 0 Å². The minimum absolute atomic E-state index is 0.102. The maximum absolute atomic E-state index is 13.4. The number of nitrogens with one attached hydrogen (secondary N) is 2. The van der Waals surface area contributed by atoms with Crippen LogP contribution in [0.2, 0.25) is 0 Å². The lowest BCUT2D eigenvalue weighted by molar-refractivity contribution is -0.124. The van der Waals surface area contributed by atoms with Gasteiger partial charge in [0.2, 0.25) is 11.0 Å². The van der Waals surface area contributed by atoms with E-state index in [-0.39, 0.29) is 23.3 Å². The molecule has 1 aliphatic heterocycles. The number of amides is 3. The monoisotopic (exact) mass is 472 g/mol. The Morgan fingerprint density at radius 2 is 1.59 bits per heavy atom. The number of thiocarbonyl (C=S) groups is 1. The van der Waals surface area contributed by atoms with Gasteiger partial charge in [-0.15, -0.1) is 0 Å². The van der Waals surface area contributed by atoms with E-state index in [1.165, 1.54) is 9.91 Å². The summed E-state index contributed by atoms with van der Waals surface area (Å²) in [5, 5.41) is 4.28. The summed E-state index contributed by atoms with van der Waals surface area (Å²) < 4.78 is 0. The van der Waals surface area contributed by atoms with Gasteiger partial charge in [0.1, 0.15) is 6.04 Å². The van der Waals surface area contributed by atoms with Gasteiger partial charge in [0.05, 0.1) is 12.1 Å². The Balaban J connectivity index is 1.59. The highest BCUT2D eigenvalue weighted by atomic mass is 32.1. The molecular formula is C26H24N4O3S. The number of hydrogen-bond donors (Lipinski definition) is 2. The number of carbonyl (C=O) groups is 3. The van der Waals surface area contributed by atoms with Crippen LogP contribution in [0, 0.1) is 13.8 Å². The number of rotatable bonds is 6. The summed E-state index contributed by atoms with van der Waals surface area (Å²) in [5.41, 5.74) is 6.37. The highest BCUT2D eigenvalue weighted by molar-refractivity contribution is 7.80. The number of hydrogen-bond acceptors (Lipinski definition) is 4. The van der Waals surface area contributed by atoms with E-state index in [0.717, 1.165) is 11.1 Å². The number of hydrazine groups is 1. The van der Waals surface area contributed by atoms with Crippen molar-refractivity contribution in [1.82, 2.24) is 10.4 Å². The van der Waals surface area contributed by atoms with Crippen LogP contribution in [0.5, 0.6) is 0 Å². The van der Waals surface area contributed by atoms with Gasteiger partial charge in [-0.05, 0) is 62.0 Å². The van der Waals surface area contributed by atoms with Crippen molar-refractivity contribution in [3.8, 4) is 0 Å². The van der Waals surface area contributed by atoms with E-state index in [4.69, 9.17) is 12.2 Å². The predicted molar refractivity (Wildman–Crippen MR) is 135 cm³/mol. The molecule has 8 heteroatoms. The molecule has 0 bridgehead atoms. The summed E-state index contributed by atoms with van der Waals surface area (Å²) in [6, 6.07) is 22.2. The van der Waals surface area contributed by atoms with Gasteiger partial charge in [0.15, 0.2) is 0 Å².